The van der Waals surface area contributed by atoms with Crippen molar-refractivity contribution in [2.24, 2.45) is 0 Å². The number of nitrogens with one attached hydrogen (secondary N) is 1. The third-order valence-electron chi connectivity index (χ3n) is 1.38. The zero-order valence-electron chi connectivity index (χ0n) is 8.39. The van der Waals surface area contributed by atoms with Crippen molar-refractivity contribution in [3.05, 3.63) is 0 Å². The van der Waals surface area contributed by atoms with E-state index in [1.807, 2.05) is 13.8 Å². The highest BCUT2D eigenvalue weighted by molar-refractivity contribution is 5.74. The average molecular weight is 177 g/mol. The van der Waals surface area contributed by atoms with Gasteiger partial charge >= 0.3 is 0 Å². The van der Waals surface area contributed by atoms with Crippen molar-refractivity contribution in [3.63, 3.8) is 0 Å². The van der Waals surface area contributed by atoms with Gasteiger partial charge in [-0.25, -0.2) is 5.48 Å². The van der Waals surface area contributed by atoms with Gasteiger partial charge in [-0.3, -0.25) is 10.0 Å². The minimum Gasteiger partial charge on any atom is -0.289 e. The first-order valence-electron chi connectivity index (χ1n) is 4.74. The fourth-order valence-corrected chi connectivity index (χ4v) is 0.768. The monoisotopic (exact) mass is 177 g/mol. The normalized spacial score (nSPS) is 8.33. The van der Waals surface area contributed by atoms with Crippen molar-refractivity contribution >= 4 is 5.91 Å². The highest BCUT2D eigenvalue weighted by Crippen LogP contribution is 2.01. The van der Waals surface area contributed by atoms with Crippen LogP contribution in [0.15, 0.2) is 0 Å². The van der Waals surface area contributed by atoms with E-state index in [9.17, 15) is 4.79 Å². The fraction of sp³-hybridized carbons (Fsp3) is 0.889. The molecule has 0 rings (SSSR count). The highest BCUT2D eigenvalue weighted by atomic mass is 16.5. The van der Waals surface area contributed by atoms with Crippen LogP contribution >= 0.6 is 0 Å². The fourth-order valence-electron chi connectivity index (χ4n) is 0.768. The summed E-state index contributed by atoms with van der Waals surface area (Å²) in [5.41, 5.74) is 1.60. The maximum atomic E-state index is 10.4. The van der Waals surface area contributed by atoms with Gasteiger partial charge < -0.3 is 0 Å². The molecule has 3 nitrogen and oxygen atoms in total. The van der Waals surface area contributed by atoms with E-state index in [0.717, 1.165) is 12.8 Å². The number of rotatable bonds is 5. The van der Waals surface area contributed by atoms with Crippen LogP contribution in [0, 0.1) is 0 Å². The molecule has 0 aromatic carbocycles. The maximum absolute atomic E-state index is 10.4. The number of hydroxylamine groups is 1. The van der Waals surface area contributed by atoms with Crippen molar-refractivity contribution < 1.29 is 11.4 Å². The largest absolute Gasteiger partial charge is 0.289 e. The summed E-state index contributed by atoms with van der Waals surface area (Å²) in [6.45, 7) is 6.12. The second kappa shape index (κ2) is 13.1. The Morgan fingerprint density at radius 3 is 2.33 bits per heavy atom. The van der Waals surface area contributed by atoms with Crippen LogP contribution in [0.2, 0.25) is 0 Å². The number of carbonyl (C=O) groups excluding carboxylic acids is 1. The summed E-state index contributed by atoms with van der Waals surface area (Å²) < 4.78 is 0. The van der Waals surface area contributed by atoms with Crippen molar-refractivity contribution in [2.75, 3.05) is 0 Å². The van der Waals surface area contributed by atoms with E-state index in [4.69, 9.17) is 5.21 Å². The standard InChI is InChI=1S/C7H15NO2.C2H6.H2/c1-2-3-4-5-6-7(9)8-10;1-2;/h10H,2-6H2,1H3,(H,8,9);1-2H3;1H. The Labute approximate surface area is 76.6 Å². The van der Waals surface area contributed by atoms with Crippen molar-refractivity contribution in [3.8, 4) is 0 Å². The SMILES string of the molecule is CC.CCCCCCC(=O)NO.[HH]. The van der Waals surface area contributed by atoms with Crippen LogP contribution in [0.3, 0.4) is 0 Å². The number of hydrogen-bond acceptors (Lipinski definition) is 2. The molecule has 0 saturated heterocycles. The van der Waals surface area contributed by atoms with Gasteiger partial charge in [-0.15, -0.1) is 0 Å². The first-order chi connectivity index (χ1) is 5.81. The molecule has 1 amide bonds. The molecule has 0 radical (unpaired) electrons. The average Bonchev–Trinajstić information content (AvgIpc) is 2.15. The number of carbonyl (C=O) groups is 1. The smallest absolute Gasteiger partial charge is 0.243 e. The summed E-state index contributed by atoms with van der Waals surface area (Å²) in [6, 6.07) is 0. The lowest BCUT2D eigenvalue weighted by Crippen LogP contribution is -2.17. The van der Waals surface area contributed by atoms with Crippen LogP contribution in [0.5, 0.6) is 0 Å². The van der Waals surface area contributed by atoms with Gasteiger partial charge in [0.25, 0.3) is 0 Å². The van der Waals surface area contributed by atoms with Gasteiger partial charge in [0.15, 0.2) is 0 Å². The zero-order chi connectivity index (χ0) is 9.82. The van der Waals surface area contributed by atoms with E-state index in [2.05, 4.69) is 6.92 Å². The van der Waals surface area contributed by atoms with Crippen LogP contribution in [-0.2, 0) is 4.79 Å². The molecular formula is C9H23NO2. The molecular weight excluding hydrogens is 154 g/mol. The molecule has 0 aliphatic rings. The van der Waals surface area contributed by atoms with E-state index >= 15 is 0 Å². The summed E-state index contributed by atoms with van der Waals surface area (Å²) in [4.78, 5) is 10.4. The van der Waals surface area contributed by atoms with Gasteiger partial charge in [0.2, 0.25) is 5.91 Å². The third-order valence-corrected chi connectivity index (χ3v) is 1.38. The lowest BCUT2D eigenvalue weighted by Gasteiger charge is -1.96. The Balaban J connectivity index is -0.000000309. The number of hydrogen-bond donors (Lipinski definition) is 2. The van der Waals surface area contributed by atoms with Crippen molar-refractivity contribution in [1.82, 2.24) is 5.48 Å². The van der Waals surface area contributed by atoms with Crippen LogP contribution in [0.1, 0.15) is 54.3 Å². The molecule has 3 heteroatoms. The predicted molar refractivity (Wildman–Crippen MR) is 52.2 cm³/mol. The Morgan fingerprint density at radius 2 is 1.92 bits per heavy atom. The molecule has 0 unspecified atom stereocenters. The Bertz CT molecular complexity index is 99.6. The Hall–Kier alpha value is -0.570. The summed E-state index contributed by atoms with van der Waals surface area (Å²) >= 11 is 0. The van der Waals surface area contributed by atoms with E-state index in [1.165, 1.54) is 12.8 Å². The molecule has 0 heterocycles. The zero-order valence-corrected chi connectivity index (χ0v) is 8.39. The second-order valence-electron chi connectivity index (χ2n) is 2.35. The summed E-state index contributed by atoms with van der Waals surface area (Å²) in [5, 5.41) is 8.09. The molecule has 0 aromatic heterocycles. The van der Waals surface area contributed by atoms with Gasteiger partial charge in [-0.2, -0.15) is 0 Å². The van der Waals surface area contributed by atoms with Crippen molar-refractivity contribution in [2.45, 2.75) is 52.9 Å². The lowest BCUT2D eigenvalue weighted by atomic mass is 10.1. The number of unbranched alkanes of at least 4 members (excludes halogenated alkanes) is 3. The predicted octanol–water partition coefficient (Wildman–Crippen LogP) is 2.73. The molecule has 0 spiro atoms. The maximum Gasteiger partial charge on any atom is 0.243 e. The van der Waals surface area contributed by atoms with Crippen LogP contribution in [0.4, 0.5) is 0 Å². The third kappa shape index (κ3) is 12.1. The Kier molecular flexibility index (Phi) is 15.2. The van der Waals surface area contributed by atoms with Crippen LogP contribution in [-0.4, -0.2) is 11.1 Å². The van der Waals surface area contributed by atoms with E-state index < -0.39 is 0 Å². The topological polar surface area (TPSA) is 49.3 Å². The van der Waals surface area contributed by atoms with Crippen molar-refractivity contribution in [1.29, 1.82) is 0 Å². The molecule has 0 aliphatic carbocycles. The van der Waals surface area contributed by atoms with Gasteiger partial charge in [-0.1, -0.05) is 40.0 Å². The second-order valence-corrected chi connectivity index (χ2v) is 2.35. The van der Waals surface area contributed by atoms with Gasteiger partial charge in [0, 0.05) is 7.85 Å². The van der Waals surface area contributed by atoms with Gasteiger partial charge in [0.1, 0.15) is 0 Å². The quantitative estimate of drug-likeness (QED) is 0.385. The minimum absolute atomic E-state index is 0. The molecule has 2 N–H and O–H groups in total. The van der Waals surface area contributed by atoms with E-state index in [1.54, 1.807) is 5.48 Å². The van der Waals surface area contributed by atoms with E-state index in [0.29, 0.717) is 6.42 Å². The molecule has 76 valence electrons. The summed E-state index contributed by atoms with van der Waals surface area (Å²) in [7, 11) is 0. The first-order valence-corrected chi connectivity index (χ1v) is 4.74. The highest BCUT2D eigenvalue weighted by Gasteiger charge is 1.96. The lowest BCUT2D eigenvalue weighted by molar-refractivity contribution is -0.129. The molecule has 0 aromatic rings. The summed E-state index contributed by atoms with van der Waals surface area (Å²) in [6.07, 6.45) is 4.72. The minimum atomic E-state index is -0.281. The molecule has 0 fully saturated rings. The molecule has 0 atom stereocenters. The molecule has 0 bridgehead atoms. The van der Waals surface area contributed by atoms with Gasteiger partial charge in [-0.05, 0) is 6.42 Å². The van der Waals surface area contributed by atoms with Gasteiger partial charge in [0.05, 0.1) is 0 Å². The molecule has 0 aliphatic heterocycles. The van der Waals surface area contributed by atoms with E-state index in [-0.39, 0.29) is 7.33 Å². The van der Waals surface area contributed by atoms with Crippen LogP contribution in [0.25, 0.3) is 0 Å². The Morgan fingerprint density at radius 1 is 1.33 bits per heavy atom. The van der Waals surface area contributed by atoms with Crippen LogP contribution < -0.4 is 5.48 Å². The number of amides is 1. The first kappa shape index (κ1) is 14.0. The summed E-state index contributed by atoms with van der Waals surface area (Å²) in [5.74, 6) is -0.281. The molecule has 12 heavy (non-hydrogen) atoms. The molecule has 0 saturated carbocycles.